The number of carboxylic acids is 1. The second-order valence-corrected chi connectivity index (χ2v) is 3.91. The molecule has 0 aromatic carbocycles. The van der Waals surface area contributed by atoms with Crippen molar-refractivity contribution in [1.82, 2.24) is 5.32 Å². The molecule has 0 unspecified atom stereocenters. The molecule has 1 aliphatic rings. The Morgan fingerprint density at radius 2 is 2.20 bits per heavy atom. The lowest BCUT2D eigenvalue weighted by Gasteiger charge is -2.26. The maximum atomic E-state index is 11.2. The lowest BCUT2D eigenvalue weighted by molar-refractivity contribution is -0.144. The third kappa shape index (κ3) is 3.34. The summed E-state index contributed by atoms with van der Waals surface area (Å²) in [5.74, 6) is -1.61. The fourth-order valence-electron chi connectivity index (χ4n) is 1.94. The van der Waals surface area contributed by atoms with Crippen molar-refractivity contribution in [3.63, 3.8) is 0 Å². The zero-order chi connectivity index (χ0) is 11.4. The van der Waals surface area contributed by atoms with Crippen LogP contribution >= 0.6 is 0 Å². The second-order valence-electron chi connectivity index (χ2n) is 3.91. The van der Waals surface area contributed by atoms with Crippen LogP contribution in [0.4, 0.5) is 0 Å². The van der Waals surface area contributed by atoms with Crippen LogP contribution in [0.25, 0.3) is 0 Å². The van der Waals surface area contributed by atoms with Crippen molar-refractivity contribution >= 4 is 17.7 Å². The number of Topliss-reactive ketones (excluding diaryl/α,β-unsaturated/α-hetero) is 1. The molecule has 1 fully saturated rings. The molecular formula is C10H15NO4. The quantitative estimate of drug-likeness (QED) is 0.707. The van der Waals surface area contributed by atoms with Crippen LogP contribution in [0, 0.1) is 5.92 Å². The molecular weight excluding hydrogens is 198 g/mol. The Bertz CT molecular complexity index is 287. The maximum absolute atomic E-state index is 11.2. The van der Waals surface area contributed by atoms with Gasteiger partial charge in [0.15, 0.2) is 0 Å². The van der Waals surface area contributed by atoms with Crippen molar-refractivity contribution in [2.24, 2.45) is 5.92 Å². The van der Waals surface area contributed by atoms with Crippen LogP contribution in [0.5, 0.6) is 0 Å². The van der Waals surface area contributed by atoms with E-state index in [1.165, 1.54) is 6.92 Å². The monoisotopic (exact) mass is 213 g/mol. The number of carboxylic acid groups (broad SMARTS) is 1. The van der Waals surface area contributed by atoms with Crippen molar-refractivity contribution < 1.29 is 19.5 Å². The highest BCUT2D eigenvalue weighted by Crippen LogP contribution is 2.24. The summed E-state index contributed by atoms with van der Waals surface area (Å²) in [4.78, 5) is 32.9. The molecule has 0 aromatic rings. The number of hydrogen-bond donors (Lipinski definition) is 2. The molecule has 1 saturated carbocycles. The van der Waals surface area contributed by atoms with Crippen LogP contribution in [0.15, 0.2) is 0 Å². The minimum Gasteiger partial charge on any atom is -0.480 e. The Kier molecular flexibility index (Phi) is 3.82. The van der Waals surface area contributed by atoms with Crippen LogP contribution in [0.2, 0.25) is 0 Å². The number of carbonyl (C=O) groups is 3. The van der Waals surface area contributed by atoms with Gasteiger partial charge in [-0.1, -0.05) is 0 Å². The van der Waals surface area contributed by atoms with E-state index in [1.54, 1.807) is 0 Å². The van der Waals surface area contributed by atoms with Gasteiger partial charge in [-0.3, -0.25) is 9.59 Å². The minimum absolute atomic E-state index is 0.0860. The van der Waals surface area contributed by atoms with E-state index >= 15 is 0 Å². The molecule has 5 nitrogen and oxygen atoms in total. The molecule has 1 aliphatic carbocycles. The molecule has 0 bridgehead atoms. The van der Waals surface area contributed by atoms with Gasteiger partial charge in [-0.15, -0.1) is 0 Å². The Balaban J connectivity index is 2.66. The maximum Gasteiger partial charge on any atom is 0.326 e. The molecule has 1 rings (SSSR count). The average molecular weight is 213 g/mol. The standard InChI is InChI=1S/C10H15NO4/c1-6(12)11-9(10(14)15)7-3-2-4-8(13)5-7/h7,9H,2-5H2,1H3,(H,11,12)(H,14,15)/t7-,9+/m1/s1. The van der Waals surface area contributed by atoms with E-state index in [2.05, 4.69) is 5.32 Å². The lowest BCUT2D eigenvalue weighted by atomic mass is 9.83. The molecule has 0 heterocycles. The number of aliphatic carboxylic acids is 1. The highest BCUT2D eigenvalue weighted by atomic mass is 16.4. The van der Waals surface area contributed by atoms with E-state index in [-0.39, 0.29) is 24.0 Å². The normalized spacial score (nSPS) is 23.3. The molecule has 0 aliphatic heterocycles. The van der Waals surface area contributed by atoms with Gasteiger partial charge in [0, 0.05) is 19.8 Å². The van der Waals surface area contributed by atoms with Gasteiger partial charge in [-0.2, -0.15) is 0 Å². The third-order valence-electron chi connectivity index (χ3n) is 2.62. The van der Waals surface area contributed by atoms with Gasteiger partial charge in [0.2, 0.25) is 5.91 Å². The van der Waals surface area contributed by atoms with Crippen molar-refractivity contribution in [3.8, 4) is 0 Å². The van der Waals surface area contributed by atoms with Gasteiger partial charge in [0.25, 0.3) is 0 Å². The first-order chi connectivity index (χ1) is 7.00. The first kappa shape index (κ1) is 11.7. The van der Waals surface area contributed by atoms with E-state index in [1.807, 2.05) is 0 Å². The fourth-order valence-corrected chi connectivity index (χ4v) is 1.94. The number of amides is 1. The molecule has 2 N–H and O–H groups in total. The lowest BCUT2D eigenvalue weighted by Crippen LogP contribution is -2.46. The predicted octanol–water partition coefficient (Wildman–Crippen LogP) is 0.335. The molecule has 0 radical (unpaired) electrons. The zero-order valence-corrected chi connectivity index (χ0v) is 8.66. The summed E-state index contributed by atoms with van der Waals surface area (Å²) < 4.78 is 0. The fraction of sp³-hybridized carbons (Fsp3) is 0.700. The van der Waals surface area contributed by atoms with Gasteiger partial charge in [0.05, 0.1) is 0 Å². The van der Waals surface area contributed by atoms with Gasteiger partial charge < -0.3 is 10.4 Å². The van der Waals surface area contributed by atoms with Gasteiger partial charge >= 0.3 is 5.97 Å². The van der Waals surface area contributed by atoms with E-state index in [9.17, 15) is 14.4 Å². The van der Waals surface area contributed by atoms with Gasteiger partial charge in [0.1, 0.15) is 11.8 Å². The Morgan fingerprint density at radius 3 is 2.67 bits per heavy atom. The van der Waals surface area contributed by atoms with Crippen LogP contribution in [-0.4, -0.2) is 28.8 Å². The van der Waals surface area contributed by atoms with Crippen LogP contribution in [0.1, 0.15) is 32.6 Å². The van der Waals surface area contributed by atoms with Crippen LogP contribution < -0.4 is 5.32 Å². The van der Waals surface area contributed by atoms with Crippen molar-refractivity contribution in [2.45, 2.75) is 38.6 Å². The van der Waals surface area contributed by atoms with E-state index in [0.29, 0.717) is 19.3 Å². The molecule has 2 atom stereocenters. The topological polar surface area (TPSA) is 83.5 Å². The summed E-state index contributed by atoms with van der Waals surface area (Å²) in [5.41, 5.74) is 0. The molecule has 84 valence electrons. The molecule has 0 aromatic heterocycles. The smallest absolute Gasteiger partial charge is 0.326 e. The van der Waals surface area contributed by atoms with Crippen molar-refractivity contribution in [3.05, 3.63) is 0 Å². The highest BCUT2D eigenvalue weighted by Gasteiger charge is 2.32. The Morgan fingerprint density at radius 1 is 1.53 bits per heavy atom. The summed E-state index contributed by atoms with van der Waals surface area (Å²) in [5, 5.41) is 11.3. The van der Waals surface area contributed by atoms with Crippen LogP contribution in [0.3, 0.4) is 0 Å². The largest absolute Gasteiger partial charge is 0.480 e. The summed E-state index contributed by atoms with van der Waals surface area (Å²) >= 11 is 0. The predicted molar refractivity (Wildman–Crippen MR) is 52.2 cm³/mol. The number of ketones is 1. The molecule has 0 spiro atoms. The number of nitrogens with one attached hydrogen (secondary N) is 1. The SMILES string of the molecule is CC(=O)N[C@H](C(=O)O)[C@@H]1CCCC(=O)C1. The van der Waals surface area contributed by atoms with Crippen LogP contribution in [-0.2, 0) is 14.4 Å². The number of rotatable bonds is 3. The molecule has 0 saturated heterocycles. The molecule has 5 heteroatoms. The second kappa shape index (κ2) is 4.91. The summed E-state index contributed by atoms with van der Waals surface area (Å²) in [6.45, 7) is 1.28. The number of hydrogen-bond acceptors (Lipinski definition) is 3. The third-order valence-corrected chi connectivity index (χ3v) is 2.62. The zero-order valence-electron chi connectivity index (χ0n) is 8.66. The molecule has 1 amide bonds. The minimum atomic E-state index is -1.06. The first-order valence-corrected chi connectivity index (χ1v) is 5.02. The van der Waals surface area contributed by atoms with Gasteiger partial charge in [-0.05, 0) is 18.8 Å². The van der Waals surface area contributed by atoms with Crippen molar-refractivity contribution in [2.75, 3.05) is 0 Å². The summed E-state index contributed by atoms with van der Waals surface area (Å²) in [6, 6.07) is -0.924. The van der Waals surface area contributed by atoms with E-state index in [0.717, 1.165) is 0 Å². The van der Waals surface area contributed by atoms with Gasteiger partial charge in [-0.25, -0.2) is 4.79 Å². The molecule has 15 heavy (non-hydrogen) atoms. The summed E-state index contributed by atoms with van der Waals surface area (Å²) in [6.07, 6.45) is 2.19. The highest BCUT2D eigenvalue weighted by molar-refractivity contribution is 5.84. The van der Waals surface area contributed by atoms with E-state index < -0.39 is 12.0 Å². The Labute approximate surface area is 87.8 Å². The van der Waals surface area contributed by atoms with Crippen molar-refractivity contribution in [1.29, 1.82) is 0 Å². The van der Waals surface area contributed by atoms with E-state index in [4.69, 9.17) is 5.11 Å². The Hall–Kier alpha value is -1.39. The number of carbonyl (C=O) groups excluding carboxylic acids is 2. The average Bonchev–Trinajstić information content (AvgIpc) is 2.13. The summed E-state index contributed by atoms with van der Waals surface area (Å²) in [7, 11) is 0. The first-order valence-electron chi connectivity index (χ1n) is 5.02.